The number of furan rings is 1. The summed E-state index contributed by atoms with van der Waals surface area (Å²) in [6, 6.07) is 9.03. The Labute approximate surface area is 190 Å². The van der Waals surface area contributed by atoms with Crippen LogP contribution in [0, 0.1) is 0 Å². The number of guanidine groups is 1. The van der Waals surface area contributed by atoms with Gasteiger partial charge in [-0.2, -0.15) is 5.10 Å². The first-order chi connectivity index (χ1) is 13.2. The molecule has 3 N–H and O–H groups in total. The molecule has 0 unspecified atom stereocenters. The smallest absolute Gasteiger partial charge is 0.216 e. The molecule has 0 aliphatic rings. The number of hydrogen-bond donors (Lipinski definition) is 3. The zero-order valence-electron chi connectivity index (χ0n) is 15.2. The molecule has 1 aromatic carbocycles. The van der Waals surface area contributed by atoms with E-state index in [1.165, 1.54) is 0 Å². The van der Waals surface area contributed by atoms with Crippen LogP contribution < -0.4 is 10.6 Å². The van der Waals surface area contributed by atoms with Gasteiger partial charge in [-0.05, 0) is 36.8 Å². The van der Waals surface area contributed by atoms with Crippen LogP contribution >= 0.6 is 47.2 Å². The monoisotopic (exact) mass is 534 g/mol. The number of H-pyrrole nitrogens is 1. The summed E-state index contributed by atoms with van der Waals surface area (Å²) in [5.41, 5.74) is 0.914. The number of aromatic nitrogens is 3. The molecule has 7 nitrogen and oxygen atoms in total. The van der Waals surface area contributed by atoms with Gasteiger partial charge >= 0.3 is 0 Å². The molecule has 0 spiro atoms. The van der Waals surface area contributed by atoms with Crippen LogP contribution in [0.4, 0.5) is 0 Å². The standard InChI is InChI=1S/C18H20Cl2N6O.HI/c1-2-21-18(23-11-12-5-6-13(19)10-14(12)20)22-8-7-16-24-17(26-25-16)15-4-3-9-27-15;/h3-6,9-10H,2,7-8,11H2,1H3,(H2,21,22,23)(H,24,25,26);1H. The summed E-state index contributed by atoms with van der Waals surface area (Å²) in [6.45, 7) is 3.87. The molecule has 150 valence electrons. The molecule has 0 amide bonds. The van der Waals surface area contributed by atoms with Gasteiger partial charge in [0.1, 0.15) is 5.82 Å². The molecule has 3 rings (SSSR count). The van der Waals surface area contributed by atoms with E-state index in [0.29, 0.717) is 47.1 Å². The Bertz CT molecular complexity index is 897. The lowest BCUT2D eigenvalue weighted by Gasteiger charge is -2.11. The van der Waals surface area contributed by atoms with E-state index in [1.807, 2.05) is 19.1 Å². The number of nitrogens with one attached hydrogen (secondary N) is 3. The second kappa shape index (κ2) is 11.3. The maximum absolute atomic E-state index is 6.20. The van der Waals surface area contributed by atoms with Crippen LogP contribution in [0.25, 0.3) is 11.6 Å². The quantitative estimate of drug-likeness (QED) is 0.239. The van der Waals surface area contributed by atoms with Gasteiger partial charge < -0.3 is 15.1 Å². The molecular weight excluding hydrogens is 514 g/mol. The van der Waals surface area contributed by atoms with Crippen LogP contribution in [-0.2, 0) is 13.0 Å². The van der Waals surface area contributed by atoms with E-state index in [2.05, 4.69) is 30.8 Å². The number of aromatic amines is 1. The molecule has 10 heteroatoms. The van der Waals surface area contributed by atoms with Crippen molar-refractivity contribution in [3.8, 4) is 11.6 Å². The molecule has 2 heterocycles. The van der Waals surface area contributed by atoms with Gasteiger partial charge in [-0.1, -0.05) is 29.3 Å². The van der Waals surface area contributed by atoms with Crippen molar-refractivity contribution in [1.82, 2.24) is 25.8 Å². The molecule has 2 aromatic heterocycles. The number of halogens is 3. The molecular formula is C18H21Cl2IN6O. The summed E-state index contributed by atoms with van der Waals surface area (Å²) < 4.78 is 5.29. The Kier molecular flexibility index (Phi) is 9.07. The largest absolute Gasteiger partial charge is 0.461 e. The first-order valence-electron chi connectivity index (χ1n) is 8.57. The van der Waals surface area contributed by atoms with Crippen LogP contribution in [0.5, 0.6) is 0 Å². The van der Waals surface area contributed by atoms with E-state index in [9.17, 15) is 0 Å². The Hall–Kier alpha value is -1.78. The molecule has 0 aliphatic heterocycles. The number of nitrogens with zero attached hydrogens (tertiary/aromatic N) is 3. The minimum absolute atomic E-state index is 0. The molecule has 0 saturated carbocycles. The summed E-state index contributed by atoms with van der Waals surface area (Å²) in [5.74, 6) is 2.66. The van der Waals surface area contributed by atoms with Gasteiger partial charge in [-0.3, -0.25) is 5.10 Å². The van der Waals surface area contributed by atoms with Gasteiger partial charge in [0.05, 0.1) is 12.8 Å². The van der Waals surface area contributed by atoms with E-state index < -0.39 is 0 Å². The average Bonchev–Trinajstić information content (AvgIpc) is 3.32. The van der Waals surface area contributed by atoms with Crippen molar-refractivity contribution in [1.29, 1.82) is 0 Å². The van der Waals surface area contributed by atoms with Crippen molar-refractivity contribution in [2.45, 2.75) is 19.9 Å². The zero-order chi connectivity index (χ0) is 19.1. The minimum atomic E-state index is 0. The second-order valence-corrected chi connectivity index (χ2v) is 6.53. The Morgan fingerprint density at radius 3 is 2.82 bits per heavy atom. The average molecular weight is 535 g/mol. The fourth-order valence-corrected chi connectivity index (χ4v) is 2.85. The Morgan fingerprint density at radius 1 is 1.25 bits per heavy atom. The fourth-order valence-electron chi connectivity index (χ4n) is 2.38. The van der Waals surface area contributed by atoms with Gasteiger partial charge in [0.2, 0.25) is 5.82 Å². The highest BCUT2D eigenvalue weighted by Gasteiger charge is 2.08. The van der Waals surface area contributed by atoms with Crippen LogP contribution in [0.15, 0.2) is 46.0 Å². The summed E-state index contributed by atoms with van der Waals surface area (Å²) >= 11 is 12.1. The van der Waals surface area contributed by atoms with E-state index in [1.54, 1.807) is 24.5 Å². The third-order valence-corrected chi connectivity index (χ3v) is 4.28. The maximum atomic E-state index is 6.20. The van der Waals surface area contributed by atoms with Crippen molar-refractivity contribution >= 4 is 53.1 Å². The van der Waals surface area contributed by atoms with Crippen LogP contribution in [0.3, 0.4) is 0 Å². The van der Waals surface area contributed by atoms with Gasteiger partial charge in [0, 0.05) is 29.6 Å². The van der Waals surface area contributed by atoms with Gasteiger partial charge in [-0.15, -0.1) is 24.0 Å². The summed E-state index contributed by atoms with van der Waals surface area (Å²) in [5, 5.41) is 14.8. The van der Waals surface area contributed by atoms with Crippen molar-refractivity contribution in [3.63, 3.8) is 0 Å². The van der Waals surface area contributed by atoms with E-state index in [0.717, 1.165) is 17.9 Å². The molecule has 0 aliphatic carbocycles. The SMILES string of the molecule is CCNC(=NCc1ccc(Cl)cc1Cl)NCCc1nc(-c2ccco2)n[nH]1.I. The Morgan fingerprint density at radius 2 is 2.11 bits per heavy atom. The zero-order valence-corrected chi connectivity index (χ0v) is 19.0. The Balaban J connectivity index is 0.00000280. The van der Waals surface area contributed by atoms with Crippen molar-refractivity contribution in [2.24, 2.45) is 4.99 Å². The van der Waals surface area contributed by atoms with Crippen molar-refractivity contribution in [2.75, 3.05) is 13.1 Å². The molecule has 0 fully saturated rings. The lowest BCUT2D eigenvalue weighted by Crippen LogP contribution is -2.38. The second-order valence-electron chi connectivity index (χ2n) is 5.69. The normalized spacial score (nSPS) is 11.2. The van der Waals surface area contributed by atoms with Crippen LogP contribution in [0.1, 0.15) is 18.3 Å². The van der Waals surface area contributed by atoms with E-state index in [4.69, 9.17) is 27.6 Å². The lowest BCUT2D eigenvalue weighted by atomic mass is 10.2. The van der Waals surface area contributed by atoms with E-state index >= 15 is 0 Å². The highest BCUT2D eigenvalue weighted by molar-refractivity contribution is 14.0. The summed E-state index contributed by atoms with van der Waals surface area (Å²) in [6.07, 6.45) is 2.26. The molecule has 0 atom stereocenters. The highest BCUT2D eigenvalue weighted by Crippen LogP contribution is 2.21. The molecule has 28 heavy (non-hydrogen) atoms. The molecule has 0 radical (unpaired) electrons. The first kappa shape index (κ1) is 22.5. The molecule has 3 aromatic rings. The predicted molar refractivity (Wildman–Crippen MR) is 122 cm³/mol. The third kappa shape index (κ3) is 6.39. The predicted octanol–water partition coefficient (Wildman–Crippen LogP) is 4.29. The lowest BCUT2D eigenvalue weighted by molar-refractivity contribution is 0.577. The van der Waals surface area contributed by atoms with Gasteiger partial charge in [0.25, 0.3) is 0 Å². The number of benzene rings is 1. The number of rotatable bonds is 7. The van der Waals surface area contributed by atoms with Crippen molar-refractivity contribution < 1.29 is 4.42 Å². The number of hydrogen-bond acceptors (Lipinski definition) is 4. The summed E-state index contributed by atoms with van der Waals surface area (Å²) in [7, 11) is 0. The van der Waals surface area contributed by atoms with Crippen LogP contribution in [0.2, 0.25) is 10.0 Å². The van der Waals surface area contributed by atoms with Crippen molar-refractivity contribution in [3.05, 3.63) is 58.0 Å². The molecule has 0 saturated heterocycles. The number of aliphatic imine (C=N–C) groups is 1. The topological polar surface area (TPSA) is 91.1 Å². The van der Waals surface area contributed by atoms with Gasteiger partial charge in [-0.25, -0.2) is 9.98 Å². The summed E-state index contributed by atoms with van der Waals surface area (Å²) in [4.78, 5) is 8.98. The first-order valence-corrected chi connectivity index (χ1v) is 9.32. The third-order valence-electron chi connectivity index (χ3n) is 3.69. The molecule has 0 bridgehead atoms. The van der Waals surface area contributed by atoms with Gasteiger partial charge in [0.15, 0.2) is 11.7 Å². The van der Waals surface area contributed by atoms with E-state index in [-0.39, 0.29) is 24.0 Å². The van der Waals surface area contributed by atoms with Crippen LogP contribution in [-0.4, -0.2) is 34.2 Å². The maximum Gasteiger partial charge on any atom is 0.216 e. The minimum Gasteiger partial charge on any atom is -0.461 e. The highest BCUT2D eigenvalue weighted by atomic mass is 127. The fraction of sp³-hybridized carbons (Fsp3) is 0.278.